The standard InChI is InChI=1S/C20H33N3O2/c1-14(2)23(13-18-12-15-5-6-17(18)11-15)19(24)16-7-9-22(10-8-16)20(25)21(3)4/h5-6,14-18H,7-13H2,1-4H3. The molecular weight excluding hydrogens is 314 g/mol. The Bertz CT molecular complexity index is 535. The first-order valence-corrected chi connectivity index (χ1v) is 9.81. The maximum atomic E-state index is 13.1. The van der Waals surface area contributed by atoms with Crippen molar-refractivity contribution in [3.63, 3.8) is 0 Å². The molecular formula is C20H33N3O2. The Balaban J connectivity index is 1.56. The van der Waals surface area contributed by atoms with Crippen molar-refractivity contribution >= 4 is 11.9 Å². The number of amides is 3. The maximum absolute atomic E-state index is 13.1. The topological polar surface area (TPSA) is 43.9 Å². The highest BCUT2D eigenvalue weighted by molar-refractivity contribution is 5.80. The molecule has 3 unspecified atom stereocenters. The Morgan fingerprint density at radius 3 is 2.28 bits per heavy atom. The van der Waals surface area contributed by atoms with Crippen LogP contribution in [0.4, 0.5) is 4.79 Å². The van der Waals surface area contributed by atoms with Crippen molar-refractivity contribution in [3.8, 4) is 0 Å². The summed E-state index contributed by atoms with van der Waals surface area (Å²) in [5.74, 6) is 2.44. The Kier molecular flexibility index (Phi) is 5.40. The molecule has 0 aromatic heterocycles. The van der Waals surface area contributed by atoms with Gasteiger partial charge in [-0.1, -0.05) is 12.2 Å². The van der Waals surface area contributed by atoms with Gasteiger partial charge in [0.05, 0.1) is 0 Å². The van der Waals surface area contributed by atoms with Gasteiger partial charge < -0.3 is 14.7 Å². The van der Waals surface area contributed by atoms with E-state index in [4.69, 9.17) is 0 Å². The van der Waals surface area contributed by atoms with Gasteiger partial charge in [-0.05, 0) is 57.3 Å². The first-order valence-electron chi connectivity index (χ1n) is 9.81. The van der Waals surface area contributed by atoms with Gasteiger partial charge in [-0.15, -0.1) is 0 Å². The van der Waals surface area contributed by atoms with E-state index in [0.29, 0.717) is 30.8 Å². The summed E-state index contributed by atoms with van der Waals surface area (Å²) in [5, 5.41) is 0. The maximum Gasteiger partial charge on any atom is 0.319 e. The Morgan fingerprint density at radius 2 is 1.80 bits per heavy atom. The molecule has 3 aliphatic rings. The predicted molar refractivity (Wildman–Crippen MR) is 99.1 cm³/mol. The Hall–Kier alpha value is -1.52. The van der Waals surface area contributed by atoms with Crippen LogP contribution in [-0.2, 0) is 4.79 Å². The van der Waals surface area contributed by atoms with Crippen molar-refractivity contribution in [2.75, 3.05) is 33.7 Å². The van der Waals surface area contributed by atoms with Gasteiger partial charge in [0.1, 0.15) is 0 Å². The van der Waals surface area contributed by atoms with Crippen LogP contribution in [0.15, 0.2) is 12.2 Å². The summed E-state index contributed by atoms with van der Waals surface area (Å²) in [4.78, 5) is 30.8. The van der Waals surface area contributed by atoms with Crippen LogP contribution in [0.5, 0.6) is 0 Å². The van der Waals surface area contributed by atoms with Gasteiger partial charge in [0.25, 0.3) is 0 Å². The molecule has 2 fully saturated rings. The van der Waals surface area contributed by atoms with Crippen LogP contribution in [0.2, 0.25) is 0 Å². The van der Waals surface area contributed by atoms with Crippen LogP contribution in [0.1, 0.15) is 39.5 Å². The highest BCUT2D eigenvalue weighted by atomic mass is 16.2. The lowest BCUT2D eigenvalue weighted by Crippen LogP contribution is -2.49. The smallest absolute Gasteiger partial charge is 0.319 e. The lowest BCUT2D eigenvalue weighted by Gasteiger charge is -2.38. The van der Waals surface area contributed by atoms with Crippen molar-refractivity contribution < 1.29 is 9.59 Å². The summed E-state index contributed by atoms with van der Waals surface area (Å²) in [6.45, 7) is 6.54. The SMILES string of the molecule is CC(C)N(CC1CC2C=CC1C2)C(=O)C1CCN(C(=O)N(C)C)CC1. The molecule has 140 valence electrons. The average Bonchev–Trinajstić information content (AvgIpc) is 3.21. The van der Waals surface area contributed by atoms with Gasteiger partial charge in [0.2, 0.25) is 5.91 Å². The molecule has 2 bridgehead atoms. The van der Waals surface area contributed by atoms with Gasteiger partial charge in [0, 0.05) is 45.7 Å². The van der Waals surface area contributed by atoms with Gasteiger partial charge in [-0.3, -0.25) is 4.79 Å². The van der Waals surface area contributed by atoms with Gasteiger partial charge >= 0.3 is 6.03 Å². The molecule has 5 heteroatoms. The molecule has 1 heterocycles. The van der Waals surface area contributed by atoms with E-state index in [1.54, 1.807) is 19.0 Å². The predicted octanol–water partition coefficient (Wildman–Crippen LogP) is 2.83. The fraction of sp³-hybridized carbons (Fsp3) is 0.800. The zero-order valence-corrected chi connectivity index (χ0v) is 16.1. The molecule has 0 spiro atoms. The second-order valence-electron chi connectivity index (χ2n) is 8.56. The van der Waals surface area contributed by atoms with Crippen LogP contribution in [0.25, 0.3) is 0 Å². The number of rotatable bonds is 4. The van der Waals surface area contributed by atoms with Crippen LogP contribution >= 0.6 is 0 Å². The van der Waals surface area contributed by atoms with Crippen molar-refractivity contribution in [2.24, 2.45) is 23.7 Å². The lowest BCUT2D eigenvalue weighted by atomic mass is 9.90. The van der Waals surface area contributed by atoms with Crippen molar-refractivity contribution in [2.45, 2.75) is 45.6 Å². The molecule has 5 nitrogen and oxygen atoms in total. The van der Waals surface area contributed by atoms with Crippen molar-refractivity contribution in [1.82, 2.24) is 14.7 Å². The van der Waals surface area contributed by atoms with E-state index in [1.807, 2.05) is 4.90 Å². The molecule has 0 N–H and O–H groups in total. The molecule has 2 aliphatic carbocycles. The van der Waals surface area contributed by atoms with E-state index < -0.39 is 0 Å². The van der Waals surface area contributed by atoms with E-state index in [1.165, 1.54) is 12.8 Å². The van der Waals surface area contributed by atoms with Gasteiger partial charge in [-0.2, -0.15) is 0 Å². The third kappa shape index (κ3) is 3.85. The van der Waals surface area contributed by atoms with Crippen molar-refractivity contribution in [1.29, 1.82) is 0 Å². The summed E-state index contributed by atoms with van der Waals surface area (Å²) < 4.78 is 0. The minimum absolute atomic E-state index is 0.0559. The molecule has 0 radical (unpaired) electrons. The largest absolute Gasteiger partial charge is 0.340 e. The number of carbonyl (C=O) groups excluding carboxylic acids is 2. The number of urea groups is 1. The molecule has 3 atom stereocenters. The number of nitrogens with zero attached hydrogens (tertiary/aromatic N) is 3. The van der Waals surface area contributed by atoms with E-state index in [-0.39, 0.29) is 18.0 Å². The fourth-order valence-corrected chi connectivity index (χ4v) is 4.75. The van der Waals surface area contributed by atoms with Crippen LogP contribution in [-0.4, -0.2) is 66.4 Å². The van der Waals surface area contributed by atoms with Crippen LogP contribution in [0, 0.1) is 23.7 Å². The number of piperidine rings is 1. The second kappa shape index (κ2) is 7.38. The second-order valence-corrected chi connectivity index (χ2v) is 8.56. The highest BCUT2D eigenvalue weighted by Crippen LogP contribution is 2.44. The van der Waals surface area contributed by atoms with Crippen LogP contribution in [0.3, 0.4) is 0 Å². The summed E-state index contributed by atoms with van der Waals surface area (Å²) in [5.41, 5.74) is 0. The van der Waals surface area contributed by atoms with E-state index in [2.05, 4.69) is 30.9 Å². The molecule has 3 rings (SSSR count). The number of allylic oxidation sites excluding steroid dienone is 2. The number of carbonyl (C=O) groups is 2. The minimum atomic E-state index is 0.0559. The molecule has 0 aromatic rings. The molecule has 1 saturated heterocycles. The number of hydrogen-bond acceptors (Lipinski definition) is 2. The summed E-state index contributed by atoms with van der Waals surface area (Å²) in [6, 6.07) is 0.303. The molecule has 3 amide bonds. The quantitative estimate of drug-likeness (QED) is 0.734. The first kappa shape index (κ1) is 18.3. The zero-order valence-electron chi connectivity index (χ0n) is 16.1. The number of likely N-dealkylation sites (tertiary alicyclic amines) is 1. The zero-order chi connectivity index (χ0) is 18.1. The van der Waals surface area contributed by atoms with Gasteiger partial charge in [-0.25, -0.2) is 4.79 Å². The summed E-state index contributed by atoms with van der Waals surface area (Å²) in [6.07, 6.45) is 8.84. The first-order chi connectivity index (χ1) is 11.9. The van der Waals surface area contributed by atoms with E-state index in [9.17, 15) is 9.59 Å². The number of hydrogen-bond donors (Lipinski definition) is 0. The third-order valence-electron chi connectivity index (χ3n) is 6.25. The Labute approximate surface area is 152 Å². The average molecular weight is 348 g/mol. The molecule has 25 heavy (non-hydrogen) atoms. The lowest BCUT2D eigenvalue weighted by molar-refractivity contribution is -0.139. The van der Waals surface area contributed by atoms with E-state index in [0.717, 1.165) is 25.3 Å². The minimum Gasteiger partial charge on any atom is -0.340 e. The normalized spacial score (nSPS) is 28.7. The highest BCUT2D eigenvalue weighted by Gasteiger charge is 2.39. The Morgan fingerprint density at radius 1 is 1.12 bits per heavy atom. The summed E-state index contributed by atoms with van der Waals surface area (Å²) >= 11 is 0. The van der Waals surface area contributed by atoms with E-state index >= 15 is 0 Å². The number of fused-ring (bicyclic) bond motifs is 2. The fourth-order valence-electron chi connectivity index (χ4n) is 4.75. The van der Waals surface area contributed by atoms with Gasteiger partial charge in [0.15, 0.2) is 0 Å². The summed E-state index contributed by atoms with van der Waals surface area (Å²) in [7, 11) is 3.56. The monoisotopic (exact) mass is 347 g/mol. The molecule has 1 aliphatic heterocycles. The van der Waals surface area contributed by atoms with Crippen LogP contribution < -0.4 is 0 Å². The molecule has 0 aromatic carbocycles. The third-order valence-corrected chi connectivity index (χ3v) is 6.25. The molecule has 1 saturated carbocycles. The van der Waals surface area contributed by atoms with Crippen molar-refractivity contribution in [3.05, 3.63) is 12.2 Å².